The molecular formula is C24H26ClN3O5S. The Morgan fingerprint density at radius 2 is 1.82 bits per heavy atom. The van der Waals surface area contributed by atoms with Gasteiger partial charge in [-0.3, -0.25) is 14.9 Å². The van der Waals surface area contributed by atoms with Crippen LogP contribution in [0.25, 0.3) is 11.3 Å². The van der Waals surface area contributed by atoms with E-state index in [9.17, 15) is 9.59 Å². The number of methoxy groups -OCH3 is 2. The third-order valence-electron chi connectivity index (χ3n) is 4.96. The second-order valence-corrected chi connectivity index (χ2v) is 8.61. The quantitative estimate of drug-likeness (QED) is 0.382. The lowest BCUT2D eigenvalue weighted by Gasteiger charge is -2.16. The molecule has 8 nitrogen and oxygen atoms in total. The number of carbonyl (C=O) groups is 2. The van der Waals surface area contributed by atoms with Gasteiger partial charge in [0.1, 0.15) is 18.1 Å². The maximum absolute atomic E-state index is 12.6. The number of benzene rings is 2. The second-order valence-electron chi connectivity index (χ2n) is 7.34. The lowest BCUT2D eigenvalue weighted by atomic mass is 10.1. The first kappa shape index (κ1) is 25.5. The van der Waals surface area contributed by atoms with Crippen molar-refractivity contribution < 1.29 is 23.8 Å². The van der Waals surface area contributed by atoms with Gasteiger partial charge in [-0.15, -0.1) is 11.3 Å². The van der Waals surface area contributed by atoms with E-state index in [-0.39, 0.29) is 11.9 Å². The molecule has 1 N–H and O–H groups in total. The molecule has 0 radical (unpaired) electrons. The number of nitrogens with one attached hydrogen (secondary N) is 1. The smallest absolute Gasteiger partial charge is 0.306 e. The molecule has 3 aromatic rings. The van der Waals surface area contributed by atoms with Crippen LogP contribution < -0.4 is 14.8 Å². The van der Waals surface area contributed by atoms with Gasteiger partial charge in [-0.05, 0) is 49.5 Å². The number of ether oxygens (including phenoxy) is 3. The summed E-state index contributed by atoms with van der Waals surface area (Å²) in [6.07, 6.45) is 0.338. The number of esters is 1. The Morgan fingerprint density at radius 1 is 1.09 bits per heavy atom. The number of amides is 1. The molecule has 0 atom stereocenters. The lowest BCUT2D eigenvalue weighted by Crippen LogP contribution is -2.27. The minimum absolute atomic E-state index is 0.236. The summed E-state index contributed by atoms with van der Waals surface area (Å²) in [5, 5.41) is 5.64. The predicted octanol–water partition coefficient (Wildman–Crippen LogP) is 4.60. The highest BCUT2D eigenvalue weighted by molar-refractivity contribution is 7.14. The molecule has 10 heteroatoms. The Kier molecular flexibility index (Phi) is 9.26. The zero-order valence-corrected chi connectivity index (χ0v) is 20.7. The van der Waals surface area contributed by atoms with Gasteiger partial charge in [0, 0.05) is 29.6 Å². The third kappa shape index (κ3) is 7.18. The maximum atomic E-state index is 12.6. The third-order valence-corrected chi connectivity index (χ3v) is 6.03. The molecule has 0 aliphatic rings. The second kappa shape index (κ2) is 12.4. The van der Waals surface area contributed by atoms with Crippen molar-refractivity contribution in [3.05, 3.63) is 58.4 Å². The van der Waals surface area contributed by atoms with Gasteiger partial charge >= 0.3 is 5.97 Å². The monoisotopic (exact) mass is 503 g/mol. The van der Waals surface area contributed by atoms with Crippen molar-refractivity contribution in [2.75, 3.05) is 46.3 Å². The van der Waals surface area contributed by atoms with E-state index in [2.05, 4.69) is 15.0 Å². The van der Waals surface area contributed by atoms with Crippen molar-refractivity contribution >= 4 is 39.9 Å². The van der Waals surface area contributed by atoms with Crippen LogP contribution in [0.15, 0.2) is 47.8 Å². The number of thiazole rings is 1. The van der Waals surface area contributed by atoms with Crippen molar-refractivity contribution in [3.8, 4) is 22.8 Å². The summed E-state index contributed by atoms with van der Waals surface area (Å²) < 4.78 is 15.5. The van der Waals surface area contributed by atoms with Crippen LogP contribution in [-0.2, 0) is 9.53 Å². The molecular weight excluding hydrogens is 478 g/mol. The van der Waals surface area contributed by atoms with E-state index in [4.69, 9.17) is 21.1 Å². The summed E-state index contributed by atoms with van der Waals surface area (Å²) >= 11 is 7.64. The fourth-order valence-electron chi connectivity index (χ4n) is 2.97. The summed E-state index contributed by atoms with van der Waals surface area (Å²) in [6.45, 7) is 1.71. The van der Waals surface area contributed by atoms with Crippen molar-refractivity contribution in [2.45, 2.75) is 6.42 Å². The largest absolute Gasteiger partial charge is 0.497 e. The first-order valence-electron chi connectivity index (χ1n) is 10.5. The molecule has 0 unspecified atom stereocenters. The van der Waals surface area contributed by atoms with Gasteiger partial charge in [0.15, 0.2) is 5.13 Å². The minimum Gasteiger partial charge on any atom is -0.497 e. The van der Waals surface area contributed by atoms with E-state index in [1.807, 2.05) is 29.5 Å². The lowest BCUT2D eigenvalue weighted by molar-refractivity contribution is -0.140. The molecule has 0 spiro atoms. The fraction of sp³-hybridized carbons (Fsp3) is 0.292. The normalized spacial score (nSPS) is 10.7. The minimum atomic E-state index is -0.268. The zero-order valence-electron chi connectivity index (χ0n) is 19.2. The van der Waals surface area contributed by atoms with Gasteiger partial charge in [-0.1, -0.05) is 11.6 Å². The van der Waals surface area contributed by atoms with Gasteiger partial charge in [0.05, 0.1) is 31.4 Å². The number of aromatic nitrogens is 1. The van der Waals surface area contributed by atoms with Gasteiger partial charge in [-0.2, -0.15) is 0 Å². The molecule has 0 fully saturated rings. The molecule has 180 valence electrons. The summed E-state index contributed by atoms with van der Waals surface area (Å²) in [5.41, 5.74) is 1.92. The van der Waals surface area contributed by atoms with E-state index in [1.165, 1.54) is 18.4 Å². The van der Waals surface area contributed by atoms with Gasteiger partial charge in [0.2, 0.25) is 0 Å². The molecule has 0 saturated carbocycles. The van der Waals surface area contributed by atoms with E-state index in [0.717, 1.165) is 5.56 Å². The summed E-state index contributed by atoms with van der Waals surface area (Å²) in [5.74, 6) is 0.815. The molecule has 0 bridgehead atoms. The van der Waals surface area contributed by atoms with Crippen LogP contribution in [0.3, 0.4) is 0 Å². The van der Waals surface area contributed by atoms with Gasteiger partial charge < -0.3 is 19.1 Å². The van der Waals surface area contributed by atoms with Crippen molar-refractivity contribution in [2.24, 2.45) is 0 Å². The van der Waals surface area contributed by atoms with Crippen LogP contribution in [0.1, 0.15) is 16.8 Å². The first-order valence-corrected chi connectivity index (χ1v) is 11.7. The molecule has 2 aromatic carbocycles. The first-order chi connectivity index (χ1) is 16.4. The van der Waals surface area contributed by atoms with E-state index >= 15 is 0 Å². The average molecular weight is 504 g/mol. The standard InChI is InChI=1S/C24H26ClN3O5S/c1-28(11-10-22(29)32-3)12-13-33-17-6-4-16(5-7-17)23(30)27-24-26-21(15-34-24)19-9-8-18(31-2)14-20(19)25/h4-9,14-15H,10-13H2,1-3H3,(H,26,27,30). The summed E-state index contributed by atoms with van der Waals surface area (Å²) in [7, 11) is 4.86. The van der Waals surface area contributed by atoms with Crippen molar-refractivity contribution in [3.63, 3.8) is 0 Å². The highest BCUT2D eigenvalue weighted by Gasteiger charge is 2.13. The number of nitrogens with zero attached hydrogens (tertiary/aromatic N) is 2. The van der Waals surface area contributed by atoms with Gasteiger partial charge in [0.25, 0.3) is 5.91 Å². The van der Waals surface area contributed by atoms with Crippen LogP contribution in [-0.4, -0.2) is 62.7 Å². The SMILES string of the molecule is COC(=O)CCN(C)CCOc1ccc(C(=O)Nc2nc(-c3ccc(OC)cc3Cl)cs2)cc1. The van der Waals surface area contributed by atoms with Crippen LogP contribution in [0.4, 0.5) is 5.13 Å². The fourth-order valence-corrected chi connectivity index (χ4v) is 3.95. The molecule has 34 heavy (non-hydrogen) atoms. The number of hydrogen-bond donors (Lipinski definition) is 1. The molecule has 3 rings (SSSR count). The number of halogens is 1. The highest BCUT2D eigenvalue weighted by Crippen LogP contribution is 2.33. The number of likely N-dealkylation sites (N-methyl/N-ethyl adjacent to an activating group) is 1. The Morgan fingerprint density at radius 3 is 2.50 bits per heavy atom. The molecule has 0 saturated heterocycles. The number of carbonyl (C=O) groups excluding carboxylic acids is 2. The topological polar surface area (TPSA) is 90.0 Å². The van der Waals surface area contributed by atoms with E-state index in [0.29, 0.717) is 59.0 Å². The Bertz CT molecular complexity index is 1120. The molecule has 1 amide bonds. The average Bonchev–Trinajstić information content (AvgIpc) is 3.30. The summed E-state index contributed by atoms with van der Waals surface area (Å²) in [4.78, 5) is 30.3. The number of hydrogen-bond acceptors (Lipinski definition) is 8. The molecule has 0 aliphatic carbocycles. The molecule has 1 heterocycles. The number of anilines is 1. The molecule has 0 aliphatic heterocycles. The summed E-state index contributed by atoms with van der Waals surface area (Å²) in [6, 6.07) is 12.2. The van der Waals surface area contributed by atoms with Crippen LogP contribution in [0.2, 0.25) is 5.02 Å². The Balaban J connectivity index is 1.50. The zero-order chi connectivity index (χ0) is 24.5. The van der Waals surface area contributed by atoms with Crippen molar-refractivity contribution in [1.29, 1.82) is 0 Å². The number of rotatable bonds is 11. The van der Waals surface area contributed by atoms with E-state index < -0.39 is 0 Å². The highest BCUT2D eigenvalue weighted by atomic mass is 35.5. The van der Waals surface area contributed by atoms with E-state index in [1.54, 1.807) is 37.4 Å². The van der Waals surface area contributed by atoms with Crippen LogP contribution >= 0.6 is 22.9 Å². The predicted molar refractivity (Wildman–Crippen MR) is 133 cm³/mol. The Labute approximate surface area is 207 Å². The maximum Gasteiger partial charge on any atom is 0.306 e. The van der Waals surface area contributed by atoms with Crippen LogP contribution in [0.5, 0.6) is 11.5 Å². The van der Waals surface area contributed by atoms with Crippen LogP contribution in [0, 0.1) is 0 Å². The molecule has 1 aromatic heterocycles. The Hall–Kier alpha value is -3.14. The van der Waals surface area contributed by atoms with Gasteiger partial charge in [-0.25, -0.2) is 4.98 Å². The van der Waals surface area contributed by atoms with Crippen molar-refractivity contribution in [1.82, 2.24) is 9.88 Å².